The van der Waals surface area contributed by atoms with Crippen LogP contribution in [-0.4, -0.2) is 90.1 Å². The Labute approximate surface area is 221 Å². The molecule has 0 bridgehead atoms. The smallest absolute Gasteiger partial charge is 0.283 e. The minimum atomic E-state index is -0.305. The number of amides is 1. The number of morpholine rings is 1. The molecular formula is C26H33N7O5. The fraction of sp³-hybridized carbons (Fsp3) is 0.500. The Hall–Kier alpha value is -3.77. The van der Waals surface area contributed by atoms with Crippen molar-refractivity contribution < 1.29 is 23.8 Å². The third kappa shape index (κ3) is 6.37. The monoisotopic (exact) mass is 523 g/mol. The summed E-state index contributed by atoms with van der Waals surface area (Å²) in [5, 5.41) is 5.42. The van der Waals surface area contributed by atoms with E-state index < -0.39 is 0 Å². The number of hydrogen-bond acceptors (Lipinski definition) is 11. The van der Waals surface area contributed by atoms with E-state index in [2.05, 4.69) is 25.2 Å². The van der Waals surface area contributed by atoms with Crippen LogP contribution in [0.25, 0.3) is 10.9 Å². The molecule has 12 heteroatoms. The number of hydroxylamine groups is 2. The van der Waals surface area contributed by atoms with Crippen molar-refractivity contribution in [3.05, 3.63) is 36.8 Å². The molecule has 0 radical (unpaired) electrons. The first-order valence-electron chi connectivity index (χ1n) is 12.9. The van der Waals surface area contributed by atoms with Crippen LogP contribution in [0.5, 0.6) is 11.6 Å². The SMILES string of the molecule is CON(C)C(=O)COc1cnc(N[C@H]2CC[C@@H](Oc3nc(N4CCOCC4)cc4ncccc34)CC2)nc1. The minimum Gasteiger partial charge on any atom is -0.480 e. The average molecular weight is 524 g/mol. The van der Waals surface area contributed by atoms with Crippen LogP contribution in [0.4, 0.5) is 11.8 Å². The highest BCUT2D eigenvalue weighted by molar-refractivity contribution is 5.85. The van der Waals surface area contributed by atoms with Gasteiger partial charge in [-0.05, 0) is 37.8 Å². The third-order valence-electron chi connectivity index (χ3n) is 6.79. The molecule has 0 atom stereocenters. The Morgan fingerprint density at radius 2 is 1.92 bits per heavy atom. The molecule has 0 aromatic carbocycles. The molecule has 3 aromatic heterocycles. The molecule has 0 unspecified atom stereocenters. The van der Waals surface area contributed by atoms with E-state index in [1.54, 1.807) is 18.6 Å². The molecular weight excluding hydrogens is 490 g/mol. The molecule has 3 aromatic rings. The van der Waals surface area contributed by atoms with Crippen molar-refractivity contribution in [1.82, 2.24) is 25.0 Å². The van der Waals surface area contributed by atoms with Gasteiger partial charge in [-0.25, -0.2) is 15.0 Å². The number of nitrogens with one attached hydrogen (secondary N) is 1. The second kappa shape index (κ2) is 12.2. The first kappa shape index (κ1) is 25.9. The Kier molecular flexibility index (Phi) is 8.29. The van der Waals surface area contributed by atoms with E-state index in [0.717, 1.165) is 60.6 Å². The highest BCUT2D eigenvalue weighted by atomic mass is 16.7. The van der Waals surface area contributed by atoms with Gasteiger partial charge in [0, 0.05) is 38.4 Å². The van der Waals surface area contributed by atoms with Crippen LogP contribution in [0.15, 0.2) is 36.8 Å². The molecule has 4 heterocycles. The zero-order chi connectivity index (χ0) is 26.3. The zero-order valence-corrected chi connectivity index (χ0v) is 21.7. The topological polar surface area (TPSA) is 124 Å². The molecule has 1 amide bonds. The number of rotatable bonds is 9. The number of aromatic nitrogens is 4. The predicted molar refractivity (Wildman–Crippen MR) is 140 cm³/mol. The molecule has 1 aliphatic heterocycles. The van der Waals surface area contributed by atoms with E-state index in [4.69, 9.17) is 24.0 Å². The lowest BCUT2D eigenvalue weighted by atomic mass is 9.93. The van der Waals surface area contributed by atoms with E-state index in [1.165, 1.54) is 14.2 Å². The maximum Gasteiger partial charge on any atom is 0.283 e. The van der Waals surface area contributed by atoms with E-state index in [0.29, 0.717) is 30.8 Å². The van der Waals surface area contributed by atoms with Crippen LogP contribution < -0.4 is 19.7 Å². The summed E-state index contributed by atoms with van der Waals surface area (Å²) in [6.45, 7) is 2.85. The van der Waals surface area contributed by atoms with E-state index in [-0.39, 0.29) is 24.7 Å². The van der Waals surface area contributed by atoms with Gasteiger partial charge in [-0.3, -0.25) is 14.6 Å². The van der Waals surface area contributed by atoms with Gasteiger partial charge in [0.2, 0.25) is 11.8 Å². The minimum absolute atomic E-state index is 0.0726. The molecule has 2 aliphatic rings. The van der Waals surface area contributed by atoms with Crippen molar-refractivity contribution in [2.24, 2.45) is 0 Å². The summed E-state index contributed by atoms with van der Waals surface area (Å²) in [5.74, 6) is 2.16. The van der Waals surface area contributed by atoms with Gasteiger partial charge in [-0.1, -0.05) is 0 Å². The zero-order valence-electron chi connectivity index (χ0n) is 21.7. The normalized spacial score (nSPS) is 19.7. The number of fused-ring (bicyclic) bond motifs is 1. The number of likely N-dealkylation sites (N-methyl/N-ethyl adjacent to an activating group) is 1. The summed E-state index contributed by atoms with van der Waals surface area (Å²) < 4.78 is 17.4. The number of nitrogens with zero attached hydrogens (tertiary/aromatic N) is 6. The van der Waals surface area contributed by atoms with Crippen LogP contribution in [0.2, 0.25) is 0 Å². The van der Waals surface area contributed by atoms with Gasteiger partial charge in [-0.15, -0.1) is 0 Å². The van der Waals surface area contributed by atoms with Crippen LogP contribution in [-0.2, 0) is 14.4 Å². The maximum absolute atomic E-state index is 11.8. The molecule has 12 nitrogen and oxygen atoms in total. The predicted octanol–water partition coefficient (Wildman–Crippen LogP) is 2.46. The quantitative estimate of drug-likeness (QED) is 0.416. The van der Waals surface area contributed by atoms with Crippen molar-refractivity contribution in [2.75, 3.05) is 57.3 Å². The Morgan fingerprint density at radius 1 is 1.16 bits per heavy atom. The van der Waals surface area contributed by atoms with Crippen LogP contribution in [0.1, 0.15) is 25.7 Å². The average Bonchev–Trinajstić information content (AvgIpc) is 2.97. The fourth-order valence-electron chi connectivity index (χ4n) is 4.55. The highest BCUT2D eigenvalue weighted by Gasteiger charge is 2.25. The lowest BCUT2D eigenvalue weighted by Crippen LogP contribution is -2.37. The number of hydrogen-bond donors (Lipinski definition) is 1. The second-order valence-electron chi connectivity index (χ2n) is 9.30. The van der Waals surface area contributed by atoms with Crippen molar-refractivity contribution in [3.8, 4) is 11.6 Å². The highest BCUT2D eigenvalue weighted by Crippen LogP contribution is 2.31. The summed E-state index contributed by atoms with van der Waals surface area (Å²) in [6, 6.07) is 6.20. The molecule has 0 spiro atoms. The maximum atomic E-state index is 11.8. The van der Waals surface area contributed by atoms with E-state index >= 15 is 0 Å². The number of anilines is 2. The van der Waals surface area contributed by atoms with Crippen molar-refractivity contribution in [1.29, 1.82) is 0 Å². The van der Waals surface area contributed by atoms with Gasteiger partial charge in [0.05, 0.1) is 43.6 Å². The standard InChI is InChI=1S/C26H33N7O5/c1-32(35-2)24(34)17-37-20-15-28-26(29-16-20)30-18-5-7-19(8-6-18)38-25-21-4-3-9-27-22(21)14-23(31-25)33-10-12-36-13-11-33/h3-4,9,14-16,18-19H,5-8,10-13,17H2,1-2H3,(H,28,29,30)/t18-,19+. The third-order valence-corrected chi connectivity index (χ3v) is 6.79. The summed E-state index contributed by atoms with van der Waals surface area (Å²) >= 11 is 0. The van der Waals surface area contributed by atoms with Crippen molar-refractivity contribution in [3.63, 3.8) is 0 Å². The fourth-order valence-corrected chi connectivity index (χ4v) is 4.55. The van der Waals surface area contributed by atoms with Gasteiger partial charge < -0.3 is 24.4 Å². The largest absolute Gasteiger partial charge is 0.480 e. The molecule has 1 saturated carbocycles. The van der Waals surface area contributed by atoms with Crippen LogP contribution >= 0.6 is 0 Å². The Bertz CT molecular complexity index is 1210. The lowest BCUT2D eigenvalue weighted by molar-refractivity contribution is -0.170. The van der Waals surface area contributed by atoms with Crippen molar-refractivity contribution >= 4 is 28.6 Å². The van der Waals surface area contributed by atoms with Crippen LogP contribution in [0.3, 0.4) is 0 Å². The lowest BCUT2D eigenvalue weighted by Gasteiger charge is -2.31. The van der Waals surface area contributed by atoms with Crippen LogP contribution in [0, 0.1) is 0 Å². The number of pyridine rings is 2. The van der Waals surface area contributed by atoms with Gasteiger partial charge in [0.25, 0.3) is 5.91 Å². The van der Waals surface area contributed by atoms with Crippen molar-refractivity contribution in [2.45, 2.75) is 37.8 Å². The van der Waals surface area contributed by atoms with Gasteiger partial charge in [0.1, 0.15) is 11.9 Å². The molecule has 38 heavy (non-hydrogen) atoms. The molecule has 2 fully saturated rings. The molecule has 1 aliphatic carbocycles. The molecule has 1 saturated heterocycles. The first-order chi connectivity index (χ1) is 18.6. The summed E-state index contributed by atoms with van der Waals surface area (Å²) in [7, 11) is 2.94. The number of ether oxygens (including phenoxy) is 3. The molecule has 1 N–H and O–H groups in total. The molecule has 5 rings (SSSR count). The summed E-state index contributed by atoms with van der Waals surface area (Å²) in [4.78, 5) is 36.9. The van der Waals surface area contributed by atoms with E-state index in [1.807, 2.05) is 18.2 Å². The van der Waals surface area contributed by atoms with Gasteiger partial charge in [-0.2, -0.15) is 4.98 Å². The second-order valence-corrected chi connectivity index (χ2v) is 9.30. The van der Waals surface area contributed by atoms with E-state index in [9.17, 15) is 4.79 Å². The first-order valence-corrected chi connectivity index (χ1v) is 12.9. The molecule has 202 valence electrons. The summed E-state index contributed by atoms with van der Waals surface area (Å²) in [6.07, 6.45) is 8.59. The summed E-state index contributed by atoms with van der Waals surface area (Å²) in [5.41, 5.74) is 0.883. The number of carbonyl (C=O) groups is 1. The van der Waals surface area contributed by atoms with Gasteiger partial charge in [0.15, 0.2) is 12.4 Å². The Morgan fingerprint density at radius 3 is 2.66 bits per heavy atom. The number of carbonyl (C=O) groups excluding carboxylic acids is 1. The Balaban J connectivity index is 1.15. The van der Waals surface area contributed by atoms with Gasteiger partial charge >= 0.3 is 0 Å².